The van der Waals surface area contributed by atoms with Gasteiger partial charge >= 0.3 is 11.7 Å². The Morgan fingerprint density at radius 1 is 0.750 bits per heavy atom. The summed E-state index contributed by atoms with van der Waals surface area (Å²) < 4.78 is 15.3. The molecular formula is C35H30N4O5. The summed E-state index contributed by atoms with van der Waals surface area (Å²) in [5.41, 5.74) is 5.76. The Kier molecular flexibility index (Phi) is 8.09. The van der Waals surface area contributed by atoms with Crippen molar-refractivity contribution in [1.29, 1.82) is 0 Å². The Morgan fingerprint density at radius 2 is 1.41 bits per heavy atom. The number of aliphatic carboxylic acids is 1. The summed E-state index contributed by atoms with van der Waals surface area (Å²) in [6.45, 7) is 0.603. The van der Waals surface area contributed by atoms with Crippen LogP contribution in [-0.4, -0.2) is 25.2 Å². The molecule has 9 nitrogen and oxygen atoms in total. The van der Waals surface area contributed by atoms with E-state index in [9.17, 15) is 9.59 Å². The zero-order chi connectivity index (χ0) is 30.5. The van der Waals surface area contributed by atoms with Gasteiger partial charge in [0, 0.05) is 24.5 Å². The Labute approximate surface area is 253 Å². The number of carboxylic acid groups (broad SMARTS) is 1. The number of anilines is 2. The molecule has 0 saturated heterocycles. The van der Waals surface area contributed by atoms with Gasteiger partial charge in [-0.25, -0.2) is 4.79 Å². The standard InChI is InChI=1S/C35H30N4O5/c1-38-31-21-28(36-27-14-8-13-26(19-27)20-33(40)41)15-16-29(31)39(35(38)42)30-17-18-32(43-22-24-9-4-2-5-10-24)37-34(30)44-23-25-11-6-3-7-12-25/h2-19,21,36H,20,22-23H2,1H3,(H,40,41). The van der Waals surface area contributed by atoms with Crippen molar-refractivity contribution < 1.29 is 19.4 Å². The van der Waals surface area contributed by atoms with Gasteiger partial charge in [-0.05, 0) is 53.1 Å². The first kappa shape index (κ1) is 28.3. The van der Waals surface area contributed by atoms with Crippen molar-refractivity contribution in [3.05, 3.63) is 142 Å². The Hall–Kier alpha value is -5.83. The van der Waals surface area contributed by atoms with Gasteiger partial charge in [-0.15, -0.1) is 0 Å². The molecule has 0 spiro atoms. The monoisotopic (exact) mass is 586 g/mol. The number of imidazole rings is 1. The molecule has 0 bridgehead atoms. The van der Waals surface area contributed by atoms with Crippen LogP contribution < -0.4 is 20.5 Å². The maximum absolute atomic E-state index is 13.7. The molecule has 0 saturated carbocycles. The highest BCUT2D eigenvalue weighted by molar-refractivity contribution is 5.83. The van der Waals surface area contributed by atoms with Crippen LogP contribution in [0.2, 0.25) is 0 Å². The lowest BCUT2D eigenvalue weighted by molar-refractivity contribution is -0.136. The normalized spacial score (nSPS) is 10.9. The van der Waals surface area contributed by atoms with Gasteiger partial charge in [0.15, 0.2) is 0 Å². The SMILES string of the molecule is Cn1c(=O)n(-c2ccc(OCc3ccccc3)nc2OCc2ccccc2)c2ccc(Nc3cccc(CC(=O)O)c3)cc21. The minimum absolute atomic E-state index is 0.0648. The molecule has 6 rings (SSSR count). The number of benzene rings is 4. The van der Waals surface area contributed by atoms with Gasteiger partial charge in [0.25, 0.3) is 0 Å². The third-order valence-electron chi connectivity index (χ3n) is 7.13. The van der Waals surface area contributed by atoms with Crippen molar-refractivity contribution >= 4 is 28.4 Å². The summed E-state index contributed by atoms with van der Waals surface area (Å²) in [6.07, 6.45) is -0.0648. The highest BCUT2D eigenvalue weighted by Gasteiger charge is 2.19. The molecule has 2 N–H and O–H groups in total. The number of nitrogens with zero attached hydrogens (tertiary/aromatic N) is 3. The summed E-state index contributed by atoms with van der Waals surface area (Å²) in [7, 11) is 1.72. The van der Waals surface area contributed by atoms with Crippen molar-refractivity contribution in [2.75, 3.05) is 5.32 Å². The summed E-state index contributed by atoms with van der Waals surface area (Å²) in [4.78, 5) is 29.5. The Morgan fingerprint density at radius 3 is 2.11 bits per heavy atom. The largest absolute Gasteiger partial charge is 0.481 e. The van der Waals surface area contributed by atoms with Gasteiger partial charge in [-0.3, -0.25) is 13.9 Å². The molecule has 0 aliphatic heterocycles. The van der Waals surface area contributed by atoms with E-state index in [4.69, 9.17) is 14.6 Å². The third-order valence-corrected chi connectivity index (χ3v) is 7.13. The van der Waals surface area contributed by atoms with Crippen LogP contribution in [0.15, 0.2) is 120 Å². The number of carbonyl (C=O) groups is 1. The fourth-order valence-electron chi connectivity index (χ4n) is 4.98. The molecule has 0 unspecified atom stereocenters. The van der Waals surface area contributed by atoms with E-state index in [0.29, 0.717) is 34.8 Å². The number of ether oxygens (including phenoxy) is 2. The summed E-state index contributed by atoms with van der Waals surface area (Å²) in [5.74, 6) is -0.241. The lowest BCUT2D eigenvalue weighted by Gasteiger charge is -2.14. The van der Waals surface area contributed by atoms with E-state index in [1.807, 2.05) is 91.0 Å². The fraction of sp³-hybridized carbons (Fsp3) is 0.114. The molecule has 0 aliphatic rings. The lowest BCUT2D eigenvalue weighted by Crippen LogP contribution is -2.21. The number of hydrogen-bond acceptors (Lipinski definition) is 6. The number of carboxylic acids is 1. The maximum atomic E-state index is 13.7. The number of fused-ring (bicyclic) bond motifs is 1. The number of rotatable bonds is 11. The summed E-state index contributed by atoms with van der Waals surface area (Å²) in [5, 5.41) is 12.5. The van der Waals surface area contributed by atoms with Gasteiger partial charge in [0.1, 0.15) is 18.9 Å². The van der Waals surface area contributed by atoms with Crippen molar-refractivity contribution in [3.8, 4) is 17.4 Å². The third kappa shape index (κ3) is 6.32. The van der Waals surface area contributed by atoms with Crippen molar-refractivity contribution in [1.82, 2.24) is 14.1 Å². The molecule has 6 aromatic rings. The fourth-order valence-corrected chi connectivity index (χ4v) is 4.98. The first-order chi connectivity index (χ1) is 21.4. The average Bonchev–Trinajstić information content (AvgIpc) is 3.28. The van der Waals surface area contributed by atoms with Crippen LogP contribution >= 0.6 is 0 Å². The van der Waals surface area contributed by atoms with Gasteiger partial charge < -0.3 is 19.9 Å². The second kappa shape index (κ2) is 12.6. The molecule has 2 aromatic heterocycles. The van der Waals surface area contributed by atoms with E-state index in [-0.39, 0.29) is 24.6 Å². The van der Waals surface area contributed by atoms with Crippen LogP contribution in [0.1, 0.15) is 16.7 Å². The van der Waals surface area contributed by atoms with Gasteiger partial charge in [0.2, 0.25) is 11.8 Å². The summed E-state index contributed by atoms with van der Waals surface area (Å²) >= 11 is 0. The van der Waals surface area contributed by atoms with Gasteiger partial charge in [0.05, 0.1) is 17.5 Å². The Bertz CT molecular complexity index is 1980. The molecule has 0 aliphatic carbocycles. The molecule has 220 valence electrons. The average molecular weight is 587 g/mol. The highest BCUT2D eigenvalue weighted by Crippen LogP contribution is 2.29. The molecule has 0 fully saturated rings. The number of pyridine rings is 1. The smallest absolute Gasteiger partial charge is 0.333 e. The van der Waals surface area contributed by atoms with Crippen LogP contribution in [-0.2, 0) is 31.5 Å². The number of aromatic nitrogens is 3. The molecule has 44 heavy (non-hydrogen) atoms. The first-order valence-electron chi connectivity index (χ1n) is 14.1. The zero-order valence-corrected chi connectivity index (χ0v) is 24.0. The second-order valence-electron chi connectivity index (χ2n) is 10.3. The number of aryl methyl sites for hydroxylation is 1. The summed E-state index contributed by atoms with van der Waals surface area (Å²) in [6, 6.07) is 35.9. The predicted molar refractivity (Wildman–Crippen MR) is 169 cm³/mol. The van der Waals surface area contributed by atoms with Gasteiger partial charge in [-0.2, -0.15) is 4.98 Å². The van der Waals surface area contributed by atoms with Crippen molar-refractivity contribution in [3.63, 3.8) is 0 Å². The van der Waals surface area contributed by atoms with Crippen LogP contribution in [0, 0.1) is 0 Å². The van der Waals surface area contributed by atoms with E-state index in [0.717, 1.165) is 22.5 Å². The molecule has 2 heterocycles. The second-order valence-corrected chi connectivity index (χ2v) is 10.3. The molecule has 9 heteroatoms. The highest BCUT2D eigenvalue weighted by atomic mass is 16.5. The minimum atomic E-state index is -0.891. The van der Waals surface area contributed by atoms with Crippen molar-refractivity contribution in [2.24, 2.45) is 7.05 Å². The molecule has 0 amide bonds. The Balaban J connectivity index is 1.34. The van der Waals surface area contributed by atoms with Crippen LogP contribution in [0.5, 0.6) is 11.8 Å². The van der Waals surface area contributed by atoms with Crippen molar-refractivity contribution in [2.45, 2.75) is 19.6 Å². The predicted octanol–water partition coefficient (Wildman–Crippen LogP) is 6.25. The molecule has 0 radical (unpaired) electrons. The first-order valence-corrected chi connectivity index (χ1v) is 14.1. The van der Waals surface area contributed by atoms with E-state index in [2.05, 4.69) is 10.3 Å². The minimum Gasteiger partial charge on any atom is -0.481 e. The topological polar surface area (TPSA) is 108 Å². The molecule has 4 aromatic carbocycles. The van der Waals surface area contributed by atoms with E-state index in [1.165, 1.54) is 0 Å². The number of hydrogen-bond donors (Lipinski definition) is 2. The van der Waals surface area contributed by atoms with Gasteiger partial charge in [-0.1, -0.05) is 72.8 Å². The van der Waals surface area contributed by atoms with Crippen LogP contribution in [0.3, 0.4) is 0 Å². The van der Waals surface area contributed by atoms with E-state index >= 15 is 0 Å². The quantitative estimate of drug-likeness (QED) is 0.185. The molecular weight excluding hydrogens is 556 g/mol. The van der Waals surface area contributed by atoms with E-state index < -0.39 is 5.97 Å². The van der Waals surface area contributed by atoms with E-state index in [1.54, 1.807) is 40.4 Å². The molecule has 0 atom stereocenters. The lowest BCUT2D eigenvalue weighted by atomic mass is 10.1. The maximum Gasteiger partial charge on any atom is 0.333 e. The number of nitrogens with one attached hydrogen (secondary N) is 1. The van der Waals surface area contributed by atoms with Crippen LogP contribution in [0.25, 0.3) is 16.7 Å². The zero-order valence-electron chi connectivity index (χ0n) is 24.0. The van der Waals surface area contributed by atoms with Crippen LogP contribution in [0.4, 0.5) is 11.4 Å².